The van der Waals surface area contributed by atoms with Crippen LogP contribution in [0.2, 0.25) is 0 Å². The Kier molecular flexibility index (Phi) is 4.98. The van der Waals surface area contributed by atoms with E-state index in [1.54, 1.807) is 0 Å². The highest BCUT2D eigenvalue weighted by atomic mass is 19.3. The Morgan fingerprint density at radius 1 is 1.24 bits per heavy atom. The second-order valence-corrected chi connectivity index (χ2v) is 7.69. The number of amides is 1. The molecule has 6 heteroatoms. The Hall–Kier alpha value is -1.72. The van der Waals surface area contributed by atoms with Crippen molar-refractivity contribution in [2.75, 3.05) is 32.1 Å². The molecule has 1 aliphatic carbocycles. The predicted octanol–water partition coefficient (Wildman–Crippen LogP) is 3.60. The molecule has 1 saturated carbocycles. The molecule has 1 saturated heterocycles. The number of hydrogen-bond acceptors (Lipinski definition) is 3. The lowest BCUT2D eigenvalue weighted by atomic mass is 9.86. The van der Waals surface area contributed by atoms with E-state index < -0.39 is 5.92 Å². The molecule has 0 radical (unpaired) electrons. The lowest BCUT2D eigenvalue weighted by Crippen LogP contribution is -2.38. The Bertz CT molecular complexity index is 638. The Balaban J connectivity index is 1.65. The van der Waals surface area contributed by atoms with Gasteiger partial charge >= 0.3 is 0 Å². The quantitative estimate of drug-likeness (QED) is 0.835. The number of carbonyl (C=O) groups excluding carboxylic acids is 1. The molecule has 1 amide bonds. The highest BCUT2D eigenvalue weighted by molar-refractivity contribution is 5.79. The van der Waals surface area contributed by atoms with Gasteiger partial charge < -0.3 is 9.80 Å². The van der Waals surface area contributed by atoms with E-state index in [1.165, 1.54) is 0 Å². The van der Waals surface area contributed by atoms with Crippen molar-refractivity contribution >= 4 is 11.6 Å². The molecule has 1 aromatic rings. The van der Waals surface area contributed by atoms with Crippen LogP contribution < -0.4 is 4.90 Å². The molecule has 2 aliphatic rings. The molecule has 138 valence electrons. The first-order chi connectivity index (χ1) is 11.7. The van der Waals surface area contributed by atoms with E-state index in [0.717, 1.165) is 23.5 Å². The van der Waals surface area contributed by atoms with Crippen molar-refractivity contribution < 1.29 is 13.6 Å². The van der Waals surface area contributed by atoms with Crippen LogP contribution in [-0.4, -0.2) is 48.9 Å². The van der Waals surface area contributed by atoms with Crippen molar-refractivity contribution in [2.24, 2.45) is 5.92 Å². The van der Waals surface area contributed by atoms with Crippen LogP contribution in [0.5, 0.6) is 0 Å². The molecule has 1 aromatic heterocycles. The van der Waals surface area contributed by atoms with Gasteiger partial charge in [0.1, 0.15) is 0 Å². The van der Waals surface area contributed by atoms with Gasteiger partial charge in [-0.3, -0.25) is 9.78 Å². The normalized spacial score (nSPS) is 23.7. The number of likely N-dealkylation sites (tertiary alicyclic amines) is 1. The number of carbonyl (C=O) groups is 1. The van der Waals surface area contributed by atoms with Gasteiger partial charge in [-0.25, -0.2) is 8.78 Å². The van der Waals surface area contributed by atoms with Crippen LogP contribution >= 0.6 is 0 Å². The topological polar surface area (TPSA) is 36.4 Å². The van der Waals surface area contributed by atoms with E-state index in [1.807, 2.05) is 32.0 Å². The van der Waals surface area contributed by atoms with Crippen molar-refractivity contribution in [3.63, 3.8) is 0 Å². The number of hydrogen-bond donors (Lipinski definition) is 0. The second-order valence-electron chi connectivity index (χ2n) is 7.69. The smallest absolute Gasteiger partial charge is 0.248 e. The molecule has 4 nitrogen and oxygen atoms in total. The largest absolute Gasteiger partial charge is 0.378 e. The van der Waals surface area contributed by atoms with Crippen molar-refractivity contribution in [3.8, 4) is 0 Å². The highest BCUT2D eigenvalue weighted by Crippen LogP contribution is 2.38. The van der Waals surface area contributed by atoms with E-state index in [0.29, 0.717) is 25.9 Å². The van der Waals surface area contributed by atoms with Gasteiger partial charge in [0, 0.05) is 68.9 Å². The zero-order chi connectivity index (χ0) is 18.2. The summed E-state index contributed by atoms with van der Waals surface area (Å²) in [5, 5.41) is 0. The third kappa shape index (κ3) is 4.10. The SMILES string of the molecule is Cc1cc(N(C)C)cc([C@H]2CCN(C(=O)C3CCC(F)(F)CC3)C2)n1. The minimum atomic E-state index is -2.58. The fraction of sp³-hybridized carbons (Fsp3) is 0.684. The number of halogens is 2. The van der Waals surface area contributed by atoms with Crippen LogP contribution in [0, 0.1) is 12.8 Å². The summed E-state index contributed by atoms with van der Waals surface area (Å²) >= 11 is 0. The van der Waals surface area contributed by atoms with E-state index in [4.69, 9.17) is 0 Å². The number of aryl methyl sites for hydroxylation is 1. The van der Waals surface area contributed by atoms with E-state index in [2.05, 4.69) is 16.0 Å². The van der Waals surface area contributed by atoms with Crippen molar-refractivity contribution in [1.82, 2.24) is 9.88 Å². The number of anilines is 1. The van der Waals surface area contributed by atoms with Gasteiger partial charge in [0.25, 0.3) is 0 Å². The van der Waals surface area contributed by atoms with Crippen LogP contribution in [0.4, 0.5) is 14.5 Å². The zero-order valence-corrected chi connectivity index (χ0v) is 15.3. The molecule has 0 spiro atoms. The van der Waals surface area contributed by atoms with Gasteiger partial charge in [0.15, 0.2) is 0 Å². The van der Waals surface area contributed by atoms with E-state index in [9.17, 15) is 13.6 Å². The molecule has 0 bridgehead atoms. The molecular formula is C19H27F2N3O. The van der Waals surface area contributed by atoms with Gasteiger partial charge in [-0.1, -0.05) is 0 Å². The minimum absolute atomic E-state index is 0.0542. The Morgan fingerprint density at radius 2 is 1.92 bits per heavy atom. The summed E-state index contributed by atoms with van der Waals surface area (Å²) in [7, 11) is 4.00. The van der Waals surface area contributed by atoms with Crippen LogP contribution in [0.1, 0.15) is 49.4 Å². The lowest BCUT2D eigenvalue weighted by molar-refractivity contribution is -0.138. The van der Waals surface area contributed by atoms with Gasteiger partial charge in [-0.15, -0.1) is 0 Å². The summed E-state index contributed by atoms with van der Waals surface area (Å²) in [5.41, 5.74) is 3.11. The van der Waals surface area contributed by atoms with E-state index in [-0.39, 0.29) is 30.6 Å². The molecule has 1 aliphatic heterocycles. The van der Waals surface area contributed by atoms with Gasteiger partial charge in [0.05, 0.1) is 0 Å². The van der Waals surface area contributed by atoms with Crippen LogP contribution in [0.15, 0.2) is 12.1 Å². The summed E-state index contributed by atoms with van der Waals surface area (Å²) in [6, 6.07) is 4.14. The van der Waals surface area contributed by atoms with Crippen LogP contribution in [0.25, 0.3) is 0 Å². The fourth-order valence-electron chi connectivity index (χ4n) is 3.89. The van der Waals surface area contributed by atoms with Gasteiger partial charge in [-0.2, -0.15) is 0 Å². The number of nitrogens with zero attached hydrogens (tertiary/aromatic N) is 3. The number of pyridine rings is 1. The van der Waals surface area contributed by atoms with Crippen molar-refractivity contribution in [2.45, 2.75) is 50.9 Å². The first kappa shape index (κ1) is 18.1. The summed E-state index contributed by atoms with van der Waals surface area (Å²) in [5.74, 6) is -2.54. The molecule has 2 fully saturated rings. The number of rotatable bonds is 3. The average Bonchev–Trinajstić information content (AvgIpc) is 3.03. The molecule has 0 aromatic carbocycles. The molecule has 1 atom stereocenters. The Labute approximate surface area is 148 Å². The second kappa shape index (κ2) is 6.89. The van der Waals surface area contributed by atoms with Gasteiger partial charge in [-0.05, 0) is 38.3 Å². The van der Waals surface area contributed by atoms with E-state index >= 15 is 0 Å². The summed E-state index contributed by atoms with van der Waals surface area (Å²) in [4.78, 5) is 21.3. The van der Waals surface area contributed by atoms with Crippen LogP contribution in [-0.2, 0) is 4.79 Å². The third-order valence-electron chi connectivity index (χ3n) is 5.46. The number of aromatic nitrogens is 1. The maximum atomic E-state index is 13.3. The molecular weight excluding hydrogens is 324 g/mol. The molecule has 0 N–H and O–H groups in total. The maximum absolute atomic E-state index is 13.3. The Morgan fingerprint density at radius 3 is 2.56 bits per heavy atom. The zero-order valence-electron chi connectivity index (χ0n) is 15.3. The first-order valence-corrected chi connectivity index (χ1v) is 9.08. The monoisotopic (exact) mass is 351 g/mol. The van der Waals surface area contributed by atoms with Crippen molar-refractivity contribution in [1.29, 1.82) is 0 Å². The minimum Gasteiger partial charge on any atom is -0.378 e. The molecule has 0 unspecified atom stereocenters. The number of alkyl halides is 2. The fourth-order valence-corrected chi connectivity index (χ4v) is 3.89. The summed E-state index contributed by atoms with van der Waals surface area (Å²) in [6.07, 6.45) is 1.18. The standard InChI is InChI=1S/C19H27F2N3O/c1-13-10-16(23(2)3)11-17(22-13)15-6-9-24(12-15)18(25)14-4-7-19(20,21)8-5-14/h10-11,14-15H,4-9,12H2,1-3H3/t15-/m0/s1. The molecule has 2 heterocycles. The average molecular weight is 351 g/mol. The molecule has 25 heavy (non-hydrogen) atoms. The van der Waals surface area contributed by atoms with Gasteiger partial charge in [0.2, 0.25) is 11.8 Å². The van der Waals surface area contributed by atoms with Crippen LogP contribution in [0.3, 0.4) is 0 Å². The third-order valence-corrected chi connectivity index (χ3v) is 5.46. The summed E-state index contributed by atoms with van der Waals surface area (Å²) in [6.45, 7) is 3.33. The predicted molar refractivity (Wildman–Crippen MR) is 94.1 cm³/mol. The first-order valence-electron chi connectivity index (χ1n) is 9.08. The summed E-state index contributed by atoms with van der Waals surface area (Å²) < 4.78 is 26.6. The maximum Gasteiger partial charge on any atom is 0.248 e. The lowest BCUT2D eigenvalue weighted by Gasteiger charge is -2.30. The molecule has 3 rings (SSSR count). The van der Waals surface area contributed by atoms with Crippen molar-refractivity contribution in [3.05, 3.63) is 23.5 Å². The highest BCUT2D eigenvalue weighted by Gasteiger charge is 2.40.